The molecule has 274 valence electrons. The van der Waals surface area contributed by atoms with Gasteiger partial charge in [0.1, 0.15) is 5.69 Å². The van der Waals surface area contributed by atoms with Crippen molar-refractivity contribution in [3.8, 4) is 78.9 Å². The molecule has 0 radical (unpaired) electrons. The molecule has 10 aromatic rings. The lowest BCUT2D eigenvalue weighted by molar-refractivity contribution is 0.660. The van der Waals surface area contributed by atoms with Gasteiger partial charge < -0.3 is 0 Å². The Hall–Kier alpha value is -7.50. The van der Waals surface area contributed by atoms with E-state index in [2.05, 4.69) is 188 Å². The molecule has 3 aromatic heterocycles. The van der Waals surface area contributed by atoms with Crippen LogP contribution in [0.2, 0.25) is 0 Å². The second kappa shape index (κ2) is 13.3. The number of benzene rings is 7. The van der Waals surface area contributed by atoms with Crippen molar-refractivity contribution in [2.75, 3.05) is 0 Å². The topological polar surface area (TPSA) is 56.0 Å². The third-order valence-electron chi connectivity index (χ3n) is 11.7. The van der Waals surface area contributed by atoms with Crippen molar-refractivity contribution >= 4 is 16.3 Å². The van der Waals surface area contributed by atoms with E-state index in [1.165, 1.54) is 22.3 Å². The molecule has 0 unspecified atom stereocenters. The lowest BCUT2D eigenvalue weighted by atomic mass is 9.82. The number of fused-ring (bicyclic) bond motifs is 6. The van der Waals surface area contributed by atoms with Gasteiger partial charge in [-0.25, -0.2) is 19.5 Å². The van der Waals surface area contributed by atoms with Crippen molar-refractivity contribution in [2.24, 2.45) is 0 Å². The van der Waals surface area contributed by atoms with E-state index in [-0.39, 0.29) is 5.41 Å². The van der Waals surface area contributed by atoms with Crippen LogP contribution in [0.3, 0.4) is 0 Å². The first kappa shape index (κ1) is 33.8. The van der Waals surface area contributed by atoms with Crippen LogP contribution in [0, 0.1) is 0 Å². The van der Waals surface area contributed by atoms with Crippen molar-refractivity contribution < 1.29 is 0 Å². The highest BCUT2D eigenvalue weighted by atomic mass is 15.2. The maximum absolute atomic E-state index is 5.48. The minimum Gasteiger partial charge on any atom is -0.231 e. The predicted octanol–water partition coefficient (Wildman–Crippen LogP) is 13.0. The van der Waals surface area contributed by atoms with Crippen molar-refractivity contribution in [1.82, 2.24) is 24.6 Å². The monoisotopic (exact) mass is 743 g/mol. The number of pyridine rings is 1. The van der Waals surface area contributed by atoms with Crippen LogP contribution in [-0.2, 0) is 5.41 Å². The fourth-order valence-corrected chi connectivity index (χ4v) is 8.78. The molecule has 5 nitrogen and oxygen atoms in total. The van der Waals surface area contributed by atoms with Crippen LogP contribution < -0.4 is 0 Å². The molecule has 0 spiro atoms. The van der Waals surface area contributed by atoms with Crippen LogP contribution in [0.4, 0.5) is 0 Å². The van der Waals surface area contributed by atoms with Crippen molar-refractivity contribution in [2.45, 2.75) is 19.3 Å². The zero-order valence-corrected chi connectivity index (χ0v) is 32.1. The summed E-state index contributed by atoms with van der Waals surface area (Å²) in [5, 5.41) is 7.79. The molecule has 5 heteroatoms. The second-order valence-corrected chi connectivity index (χ2v) is 15.5. The molecule has 11 rings (SSSR count). The summed E-state index contributed by atoms with van der Waals surface area (Å²) in [4.78, 5) is 15.5. The molecule has 0 atom stereocenters. The Morgan fingerprint density at radius 1 is 0.414 bits per heavy atom. The average molecular weight is 744 g/mol. The maximum Gasteiger partial charge on any atom is 0.164 e. The third-order valence-corrected chi connectivity index (χ3v) is 11.7. The number of hydrogen-bond acceptors (Lipinski definition) is 4. The molecule has 0 bridgehead atoms. The van der Waals surface area contributed by atoms with Crippen LogP contribution in [0.15, 0.2) is 188 Å². The van der Waals surface area contributed by atoms with E-state index in [1.807, 2.05) is 18.2 Å². The first-order chi connectivity index (χ1) is 28.5. The summed E-state index contributed by atoms with van der Waals surface area (Å²) in [6.07, 6.45) is 0. The molecule has 0 aliphatic heterocycles. The quantitative estimate of drug-likeness (QED) is 0.170. The van der Waals surface area contributed by atoms with E-state index in [0.717, 1.165) is 66.6 Å². The molecule has 0 saturated heterocycles. The molecule has 3 heterocycles. The molecule has 1 aliphatic rings. The van der Waals surface area contributed by atoms with Gasteiger partial charge in [0, 0.05) is 44.2 Å². The molecule has 0 amide bonds. The molecule has 0 fully saturated rings. The van der Waals surface area contributed by atoms with Gasteiger partial charge in [-0.2, -0.15) is 5.10 Å². The fourth-order valence-electron chi connectivity index (χ4n) is 8.78. The van der Waals surface area contributed by atoms with Gasteiger partial charge in [-0.15, -0.1) is 0 Å². The summed E-state index contributed by atoms with van der Waals surface area (Å²) in [5.41, 5.74) is 15.0. The van der Waals surface area contributed by atoms with Crippen LogP contribution in [0.1, 0.15) is 25.0 Å². The number of aromatic nitrogens is 5. The first-order valence-corrected chi connectivity index (χ1v) is 19.7. The highest BCUT2D eigenvalue weighted by Crippen LogP contribution is 2.49. The SMILES string of the molecule is CC1(C)c2ccccc2-c2ccc(-c3nc(-c4ccccc4)nc(-c4cccc(-c5nn6c(-c7ccccc7)cc7ccccc7c6c5-c5ccccc5)c4)n3)cc21. The lowest BCUT2D eigenvalue weighted by Crippen LogP contribution is -2.15. The Morgan fingerprint density at radius 3 is 1.71 bits per heavy atom. The minimum atomic E-state index is -0.148. The van der Waals surface area contributed by atoms with E-state index < -0.39 is 0 Å². The summed E-state index contributed by atoms with van der Waals surface area (Å²) < 4.78 is 2.13. The minimum absolute atomic E-state index is 0.148. The van der Waals surface area contributed by atoms with E-state index >= 15 is 0 Å². The molecule has 0 N–H and O–H groups in total. The molecular formula is C53H37N5. The van der Waals surface area contributed by atoms with E-state index in [9.17, 15) is 0 Å². The summed E-state index contributed by atoms with van der Waals surface area (Å²) in [7, 11) is 0. The molecule has 7 aromatic carbocycles. The normalized spacial score (nSPS) is 12.8. The molecular weight excluding hydrogens is 707 g/mol. The van der Waals surface area contributed by atoms with Crippen LogP contribution in [0.5, 0.6) is 0 Å². The fraction of sp³-hybridized carbons (Fsp3) is 0.0566. The third kappa shape index (κ3) is 5.47. The number of hydrogen-bond donors (Lipinski definition) is 0. The van der Waals surface area contributed by atoms with Crippen molar-refractivity contribution in [1.29, 1.82) is 0 Å². The van der Waals surface area contributed by atoms with E-state index in [4.69, 9.17) is 20.1 Å². The van der Waals surface area contributed by atoms with Crippen LogP contribution in [-0.4, -0.2) is 24.6 Å². The number of rotatable bonds is 6. The van der Waals surface area contributed by atoms with Gasteiger partial charge in [-0.05, 0) is 51.4 Å². The second-order valence-electron chi connectivity index (χ2n) is 15.5. The molecule has 58 heavy (non-hydrogen) atoms. The largest absolute Gasteiger partial charge is 0.231 e. The molecule has 0 saturated carbocycles. The Labute approximate surface area is 337 Å². The van der Waals surface area contributed by atoms with Gasteiger partial charge in [-0.3, -0.25) is 0 Å². The van der Waals surface area contributed by atoms with Crippen molar-refractivity contribution in [3.63, 3.8) is 0 Å². The van der Waals surface area contributed by atoms with Gasteiger partial charge in [0.15, 0.2) is 17.5 Å². The summed E-state index contributed by atoms with van der Waals surface area (Å²) in [5.74, 6) is 1.88. The van der Waals surface area contributed by atoms with E-state index in [1.54, 1.807) is 0 Å². The predicted molar refractivity (Wildman–Crippen MR) is 236 cm³/mol. The highest BCUT2D eigenvalue weighted by molar-refractivity contribution is 6.08. The standard InChI is InChI=1S/C53H37N5/c1-53(2)44-28-15-14-27-42(44)43-30-29-40(32-45(43)53)52-55-50(36-21-10-5-11-22-36)54-51(56-52)39-25-16-24-38(31-39)48-47(35-19-8-4-9-20-35)49-41-26-13-12-23-37(41)33-46(58(49)57-48)34-17-6-3-7-18-34/h3-33H,1-2H3. The molecule has 1 aliphatic carbocycles. The summed E-state index contributed by atoms with van der Waals surface area (Å²) in [6.45, 7) is 4.60. The average Bonchev–Trinajstić information content (AvgIpc) is 3.80. The Kier molecular flexibility index (Phi) is 7.76. The van der Waals surface area contributed by atoms with Crippen molar-refractivity contribution in [3.05, 3.63) is 199 Å². The van der Waals surface area contributed by atoms with Gasteiger partial charge >= 0.3 is 0 Å². The van der Waals surface area contributed by atoms with Gasteiger partial charge in [0.05, 0.1) is 11.2 Å². The van der Waals surface area contributed by atoms with Crippen LogP contribution >= 0.6 is 0 Å². The highest BCUT2D eigenvalue weighted by Gasteiger charge is 2.35. The van der Waals surface area contributed by atoms with Gasteiger partial charge in [-0.1, -0.05) is 184 Å². The Morgan fingerprint density at radius 2 is 0.966 bits per heavy atom. The zero-order chi connectivity index (χ0) is 38.8. The number of nitrogens with zero attached hydrogens (tertiary/aromatic N) is 5. The van der Waals surface area contributed by atoms with Gasteiger partial charge in [0.2, 0.25) is 0 Å². The maximum atomic E-state index is 5.48. The lowest BCUT2D eigenvalue weighted by Gasteiger charge is -2.21. The summed E-state index contributed by atoms with van der Waals surface area (Å²) >= 11 is 0. The zero-order valence-electron chi connectivity index (χ0n) is 32.1. The Bertz CT molecular complexity index is 3180. The Balaban J connectivity index is 1.12. The van der Waals surface area contributed by atoms with Crippen LogP contribution in [0.25, 0.3) is 95.2 Å². The smallest absolute Gasteiger partial charge is 0.164 e. The van der Waals surface area contributed by atoms with Gasteiger partial charge in [0.25, 0.3) is 0 Å². The van der Waals surface area contributed by atoms with E-state index in [0.29, 0.717) is 17.5 Å². The summed E-state index contributed by atoms with van der Waals surface area (Å²) in [6, 6.07) is 66.0. The first-order valence-electron chi connectivity index (χ1n) is 19.7.